The lowest BCUT2D eigenvalue weighted by atomic mass is 10.2. The van der Waals surface area contributed by atoms with Crippen molar-refractivity contribution >= 4 is 5.97 Å². The SMILES string of the molecule is CCCNC(CCN(C)CC(F)F)C(=O)OC. The van der Waals surface area contributed by atoms with Crippen LogP contribution in [0, 0.1) is 0 Å². The molecular formula is C11H22F2N2O2. The van der Waals surface area contributed by atoms with Gasteiger partial charge in [-0.1, -0.05) is 6.92 Å². The minimum atomic E-state index is -2.35. The summed E-state index contributed by atoms with van der Waals surface area (Å²) in [6.07, 6.45) is -0.976. The van der Waals surface area contributed by atoms with E-state index in [9.17, 15) is 13.6 Å². The Morgan fingerprint density at radius 2 is 2.12 bits per heavy atom. The van der Waals surface area contributed by atoms with E-state index in [1.54, 1.807) is 7.05 Å². The van der Waals surface area contributed by atoms with Crippen molar-refractivity contribution in [3.63, 3.8) is 0 Å². The maximum Gasteiger partial charge on any atom is 0.322 e. The van der Waals surface area contributed by atoms with E-state index in [1.165, 1.54) is 12.0 Å². The predicted molar refractivity (Wildman–Crippen MR) is 62.2 cm³/mol. The van der Waals surface area contributed by atoms with Gasteiger partial charge in [0, 0.05) is 6.54 Å². The van der Waals surface area contributed by atoms with Crippen molar-refractivity contribution in [2.75, 3.05) is 33.8 Å². The number of hydrogen-bond donors (Lipinski definition) is 1. The monoisotopic (exact) mass is 252 g/mol. The molecule has 1 atom stereocenters. The minimum Gasteiger partial charge on any atom is -0.468 e. The third kappa shape index (κ3) is 8.04. The van der Waals surface area contributed by atoms with Gasteiger partial charge in [0.15, 0.2) is 0 Å². The first-order valence-electron chi connectivity index (χ1n) is 5.79. The van der Waals surface area contributed by atoms with Gasteiger partial charge in [-0.3, -0.25) is 4.79 Å². The number of carbonyl (C=O) groups is 1. The van der Waals surface area contributed by atoms with Gasteiger partial charge in [-0.2, -0.15) is 0 Å². The van der Waals surface area contributed by atoms with E-state index in [0.717, 1.165) is 6.42 Å². The molecule has 0 saturated carbocycles. The molecule has 1 unspecified atom stereocenters. The van der Waals surface area contributed by atoms with Crippen LogP contribution in [0.4, 0.5) is 8.78 Å². The molecular weight excluding hydrogens is 230 g/mol. The highest BCUT2D eigenvalue weighted by Gasteiger charge is 2.19. The summed E-state index contributed by atoms with van der Waals surface area (Å²) in [5.74, 6) is -0.344. The van der Waals surface area contributed by atoms with Crippen LogP contribution < -0.4 is 5.32 Å². The van der Waals surface area contributed by atoms with Crippen LogP contribution in [0.1, 0.15) is 19.8 Å². The van der Waals surface area contributed by atoms with Crippen LogP contribution in [0.2, 0.25) is 0 Å². The molecule has 0 aromatic carbocycles. The van der Waals surface area contributed by atoms with E-state index in [0.29, 0.717) is 19.5 Å². The Bertz CT molecular complexity index is 216. The van der Waals surface area contributed by atoms with E-state index >= 15 is 0 Å². The molecule has 0 aromatic heterocycles. The zero-order valence-electron chi connectivity index (χ0n) is 10.7. The Hall–Kier alpha value is -0.750. The summed E-state index contributed by atoms with van der Waals surface area (Å²) in [5, 5.41) is 3.04. The van der Waals surface area contributed by atoms with Crippen molar-refractivity contribution in [3.05, 3.63) is 0 Å². The van der Waals surface area contributed by atoms with Crippen molar-refractivity contribution in [2.45, 2.75) is 32.2 Å². The highest BCUT2D eigenvalue weighted by Crippen LogP contribution is 2.01. The highest BCUT2D eigenvalue weighted by molar-refractivity contribution is 5.75. The molecule has 0 saturated heterocycles. The predicted octanol–water partition coefficient (Wildman–Crippen LogP) is 1.11. The number of halogens is 2. The molecule has 4 nitrogen and oxygen atoms in total. The second kappa shape index (κ2) is 9.30. The van der Waals surface area contributed by atoms with Gasteiger partial charge in [0.2, 0.25) is 0 Å². The Morgan fingerprint density at radius 3 is 2.59 bits per heavy atom. The number of nitrogens with zero attached hydrogens (tertiary/aromatic N) is 1. The van der Waals surface area contributed by atoms with Crippen molar-refractivity contribution < 1.29 is 18.3 Å². The average molecular weight is 252 g/mol. The zero-order valence-corrected chi connectivity index (χ0v) is 10.7. The topological polar surface area (TPSA) is 41.6 Å². The fraction of sp³-hybridized carbons (Fsp3) is 0.909. The summed E-state index contributed by atoms with van der Waals surface area (Å²) in [7, 11) is 2.94. The molecule has 0 spiro atoms. The molecule has 17 heavy (non-hydrogen) atoms. The Kier molecular flexibility index (Phi) is 8.89. The standard InChI is InChI=1S/C11H22F2N2O2/c1-4-6-14-9(11(16)17-3)5-7-15(2)8-10(12)13/h9-10,14H,4-8H2,1-3H3. The second-order valence-electron chi connectivity index (χ2n) is 3.97. The summed E-state index contributed by atoms with van der Waals surface area (Å²) in [4.78, 5) is 12.9. The summed E-state index contributed by atoms with van der Waals surface area (Å²) < 4.78 is 28.8. The summed E-state index contributed by atoms with van der Waals surface area (Å²) in [6, 6.07) is -0.417. The molecule has 0 fully saturated rings. The van der Waals surface area contributed by atoms with Gasteiger partial charge in [0.1, 0.15) is 6.04 Å². The van der Waals surface area contributed by atoms with Gasteiger partial charge < -0.3 is 15.0 Å². The second-order valence-corrected chi connectivity index (χ2v) is 3.97. The Balaban J connectivity index is 4.01. The first kappa shape index (κ1) is 16.2. The van der Waals surface area contributed by atoms with Crippen LogP contribution in [0.5, 0.6) is 0 Å². The maximum absolute atomic E-state index is 12.1. The fourth-order valence-electron chi connectivity index (χ4n) is 1.44. The lowest BCUT2D eigenvalue weighted by molar-refractivity contribution is -0.143. The zero-order chi connectivity index (χ0) is 13.3. The van der Waals surface area contributed by atoms with Crippen LogP contribution in [-0.2, 0) is 9.53 Å². The molecule has 0 heterocycles. The van der Waals surface area contributed by atoms with Gasteiger partial charge in [0.05, 0.1) is 13.7 Å². The molecule has 102 valence electrons. The van der Waals surface area contributed by atoms with Gasteiger partial charge in [0.25, 0.3) is 6.43 Å². The lowest BCUT2D eigenvalue weighted by Crippen LogP contribution is -2.41. The lowest BCUT2D eigenvalue weighted by Gasteiger charge is -2.20. The maximum atomic E-state index is 12.1. The van der Waals surface area contributed by atoms with Crippen LogP contribution in [-0.4, -0.2) is 57.1 Å². The highest BCUT2D eigenvalue weighted by atomic mass is 19.3. The fourth-order valence-corrected chi connectivity index (χ4v) is 1.44. The van der Waals surface area contributed by atoms with E-state index in [-0.39, 0.29) is 12.5 Å². The number of esters is 1. The molecule has 0 aliphatic rings. The number of carbonyl (C=O) groups excluding carboxylic acids is 1. The Morgan fingerprint density at radius 1 is 1.47 bits per heavy atom. The summed E-state index contributed by atoms with van der Waals surface area (Å²) in [6.45, 7) is 2.85. The molecule has 0 rings (SSSR count). The summed E-state index contributed by atoms with van der Waals surface area (Å²) in [5.41, 5.74) is 0. The molecule has 0 aliphatic carbocycles. The smallest absolute Gasteiger partial charge is 0.322 e. The minimum absolute atomic E-state index is 0.276. The third-order valence-corrected chi connectivity index (χ3v) is 2.38. The molecule has 0 aromatic rings. The molecule has 0 amide bonds. The van der Waals surface area contributed by atoms with Gasteiger partial charge in [-0.25, -0.2) is 8.78 Å². The van der Waals surface area contributed by atoms with Crippen molar-refractivity contribution in [1.29, 1.82) is 0 Å². The average Bonchev–Trinajstić information content (AvgIpc) is 2.27. The van der Waals surface area contributed by atoms with E-state index in [1.807, 2.05) is 6.92 Å². The Labute approximate surface area is 101 Å². The molecule has 6 heteroatoms. The number of nitrogens with one attached hydrogen (secondary N) is 1. The van der Waals surface area contributed by atoms with Gasteiger partial charge in [-0.05, 0) is 26.4 Å². The number of rotatable bonds is 9. The van der Waals surface area contributed by atoms with Crippen molar-refractivity contribution in [1.82, 2.24) is 10.2 Å². The first-order valence-corrected chi connectivity index (χ1v) is 5.79. The van der Waals surface area contributed by atoms with Crippen LogP contribution in [0.25, 0.3) is 0 Å². The normalized spacial score (nSPS) is 13.1. The number of alkyl halides is 2. The van der Waals surface area contributed by atoms with Crippen molar-refractivity contribution in [3.8, 4) is 0 Å². The quantitative estimate of drug-likeness (QED) is 0.624. The summed E-state index contributed by atoms with van der Waals surface area (Å²) >= 11 is 0. The van der Waals surface area contributed by atoms with Gasteiger partial charge in [-0.15, -0.1) is 0 Å². The molecule has 1 N–H and O–H groups in total. The van der Waals surface area contributed by atoms with Gasteiger partial charge >= 0.3 is 5.97 Å². The molecule has 0 bridgehead atoms. The largest absolute Gasteiger partial charge is 0.468 e. The first-order chi connectivity index (χ1) is 8.01. The number of methoxy groups -OCH3 is 1. The van der Waals surface area contributed by atoms with E-state index in [2.05, 4.69) is 10.1 Å². The van der Waals surface area contributed by atoms with Crippen LogP contribution in [0.15, 0.2) is 0 Å². The number of ether oxygens (including phenoxy) is 1. The third-order valence-electron chi connectivity index (χ3n) is 2.38. The number of hydrogen-bond acceptors (Lipinski definition) is 4. The van der Waals surface area contributed by atoms with Crippen LogP contribution in [0.3, 0.4) is 0 Å². The van der Waals surface area contributed by atoms with E-state index < -0.39 is 12.5 Å². The van der Waals surface area contributed by atoms with E-state index in [4.69, 9.17) is 0 Å². The van der Waals surface area contributed by atoms with Crippen LogP contribution >= 0.6 is 0 Å². The van der Waals surface area contributed by atoms with Crippen molar-refractivity contribution in [2.24, 2.45) is 0 Å². The molecule has 0 radical (unpaired) electrons. The molecule has 0 aliphatic heterocycles.